The zero-order valence-corrected chi connectivity index (χ0v) is 12.6. The molecule has 1 saturated heterocycles. The van der Waals surface area contributed by atoms with Crippen LogP contribution in [0.4, 0.5) is 0 Å². The van der Waals surface area contributed by atoms with Crippen molar-refractivity contribution in [2.24, 2.45) is 10.2 Å². The van der Waals surface area contributed by atoms with Crippen LogP contribution in [0, 0.1) is 0 Å². The van der Waals surface area contributed by atoms with Crippen LogP contribution in [0.2, 0.25) is 5.02 Å². The Hall–Kier alpha value is -1.86. The normalized spacial score (nSPS) is 20.7. The molecule has 1 amide bonds. The standard InChI is InChI=1S/C13H12ClN3O3S/c1-7(8-4-2-3-5-9(8)14)16-17-13-15-12(20)10(21-13)6-11(18)19/h2-5,10H,6H2,1H3,(H,18,19)(H,15,17,20)/p-1/b16-7-/t10-/m0/s1. The topological polar surface area (TPSA) is 94.0 Å². The Kier molecular flexibility index (Phi) is 4.98. The van der Waals surface area contributed by atoms with Crippen LogP contribution in [0.15, 0.2) is 34.5 Å². The molecule has 1 aliphatic rings. The van der Waals surface area contributed by atoms with Crippen LogP contribution >= 0.6 is 23.4 Å². The number of hydrogen-bond acceptors (Lipinski definition) is 6. The molecule has 0 aliphatic carbocycles. The Labute approximate surface area is 130 Å². The highest BCUT2D eigenvalue weighted by Gasteiger charge is 2.30. The highest BCUT2D eigenvalue weighted by Crippen LogP contribution is 2.22. The largest absolute Gasteiger partial charge is 0.550 e. The lowest BCUT2D eigenvalue weighted by Gasteiger charge is -2.04. The van der Waals surface area contributed by atoms with Gasteiger partial charge < -0.3 is 15.2 Å². The minimum Gasteiger partial charge on any atom is -0.550 e. The van der Waals surface area contributed by atoms with Gasteiger partial charge in [-0.15, -0.1) is 5.10 Å². The summed E-state index contributed by atoms with van der Waals surface area (Å²) in [6, 6.07) is 7.18. The molecule has 6 nitrogen and oxygen atoms in total. The fourth-order valence-corrected chi connectivity index (χ4v) is 2.84. The van der Waals surface area contributed by atoms with Gasteiger partial charge in [-0.25, -0.2) is 0 Å². The number of hydrogen-bond donors (Lipinski definition) is 1. The van der Waals surface area contributed by atoms with Crippen LogP contribution in [0.1, 0.15) is 18.9 Å². The fourth-order valence-electron chi connectivity index (χ4n) is 1.67. The molecule has 1 N–H and O–H groups in total. The molecule has 1 heterocycles. The molecule has 1 atom stereocenters. The molecule has 1 aromatic rings. The average molecular weight is 325 g/mol. The second-order valence-corrected chi connectivity index (χ2v) is 5.84. The van der Waals surface area contributed by atoms with Gasteiger partial charge in [-0.1, -0.05) is 41.6 Å². The number of benzene rings is 1. The summed E-state index contributed by atoms with van der Waals surface area (Å²) < 4.78 is 0. The number of carboxylic acids is 1. The number of aliphatic carboxylic acids is 1. The molecule has 1 aromatic carbocycles. The maximum atomic E-state index is 11.5. The maximum Gasteiger partial charge on any atom is 0.239 e. The van der Waals surface area contributed by atoms with Crippen molar-refractivity contribution < 1.29 is 14.7 Å². The maximum absolute atomic E-state index is 11.5. The fraction of sp³-hybridized carbons (Fsp3) is 0.231. The highest BCUT2D eigenvalue weighted by atomic mass is 35.5. The molecule has 8 heteroatoms. The zero-order valence-electron chi connectivity index (χ0n) is 11.0. The smallest absolute Gasteiger partial charge is 0.239 e. The van der Waals surface area contributed by atoms with Crippen molar-refractivity contribution in [2.75, 3.05) is 0 Å². The lowest BCUT2D eigenvalue weighted by molar-refractivity contribution is -0.305. The molecule has 0 spiro atoms. The molecule has 1 aliphatic heterocycles. The number of thioether (sulfide) groups is 1. The van der Waals surface area contributed by atoms with E-state index in [1.165, 1.54) is 0 Å². The van der Waals surface area contributed by atoms with Gasteiger partial charge >= 0.3 is 0 Å². The van der Waals surface area contributed by atoms with E-state index in [1.807, 2.05) is 12.1 Å². The van der Waals surface area contributed by atoms with E-state index in [1.54, 1.807) is 19.1 Å². The second kappa shape index (κ2) is 6.73. The van der Waals surface area contributed by atoms with Gasteiger partial charge in [0.05, 0.1) is 11.0 Å². The minimum atomic E-state index is -1.28. The summed E-state index contributed by atoms with van der Waals surface area (Å²) in [7, 11) is 0. The number of nitrogens with zero attached hydrogens (tertiary/aromatic N) is 2. The Morgan fingerprint density at radius 3 is 2.86 bits per heavy atom. The van der Waals surface area contributed by atoms with Crippen molar-refractivity contribution >= 4 is 46.1 Å². The molecular formula is C13H11ClN3O3S-. The third-order valence-corrected chi connectivity index (χ3v) is 4.08. The van der Waals surface area contributed by atoms with Gasteiger partial charge in [0.1, 0.15) is 0 Å². The van der Waals surface area contributed by atoms with Crippen molar-refractivity contribution in [2.45, 2.75) is 18.6 Å². The summed E-state index contributed by atoms with van der Waals surface area (Å²) in [6.07, 6.45) is -0.358. The first kappa shape index (κ1) is 15.5. The van der Waals surface area contributed by atoms with Gasteiger partial charge in [0.25, 0.3) is 0 Å². The third kappa shape index (κ3) is 4.05. The molecule has 0 radical (unpaired) electrons. The van der Waals surface area contributed by atoms with E-state index in [2.05, 4.69) is 15.5 Å². The molecule has 110 valence electrons. The molecule has 0 bridgehead atoms. The minimum absolute atomic E-state index is 0.262. The van der Waals surface area contributed by atoms with E-state index in [0.717, 1.165) is 17.3 Å². The van der Waals surface area contributed by atoms with Gasteiger partial charge in [-0.3, -0.25) is 4.79 Å². The highest BCUT2D eigenvalue weighted by molar-refractivity contribution is 8.15. The number of halogens is 1. The summed E-state index contributed by atoms with van der Waals surface area (Å²) in [6.45, 7) is 1.74. The lowest BCUT2D eigenvalue weighted by Crippen LogP contribution is -2.31. The van der Waals surface area contributed by atoms with Gasteiger partial charge in [-0.05, 0) is 13.0 Å². The van der Waals surface area contributed by atoms with Crippen LogP contribution in [0.3, 0.4) is 0 Å². The second-order valence-electron chi connectivity index (χ2n) is 4.24. The molecule has 2 rings (SSSR count). The number of nitrogens with one attached hydrogen (secondary N) is 1. The van der Waals surface area contributed by atoms with E-state index in [4.69, 9.17) is 11.6 Å². The van der Waals surface area contributed by atoms with E-state index < -0.39 is 17.1 Å². The van der Waals surface area contributed by atoms with Crippen LogP contribution in [-0.4, -0.2) is 28.0 Å². The van der Waals surface area contributed by atoms with Crippen molar-refractivity contribution in [3.63, 3.8) is 0 Å². The van der Waals surface area contributed by atoms with E-state index in [-0.39, 0.29) is 11.6 Å². The first-order chi connectivity index (χ1) is 9.97. The van der Waals surface area contributed by atoms with Gasteiger partial charge in [-0.2, -0.15) is 5.10 Å². The Balaban J connectivity index is 2.11. The lowest BCUT2D eigenvalue weighted by atomic mass is 10.1. The molecule has 21 heavy (non-hydrogen) atoms. The van der Waals surface area contributed by atoms with Gasteiger partial charge in [0.2, 0.25) is 5.91 Å². The van der Waals surface area contributed by atoms with Gasteiger partial charge in [0, 0.05) is 23.0 Å². The van der Waals surface area contributed by atoms with E-state index >= 15 is 0 Å². The molecule has 1 fully saturated rings. The number of carbonyl (C=O) groups excluding carboxylic acids is 2. The van der Waals surface area contributed by atoms with E-state index in [0.29, 0.717) is 10.7 Å². The summed E-state index contributed by atoms with van der Waals surface area (Å²) in [4.78, 5) is 22.0. The van der Waals surface area contributed by atoms with Crippen molar-refractivity contribution in [3.05, 3.63) is 34.9 Å². The number of carboxylic acid groups (broad SMARTS) is 1. The zero-order chi connectivity index (χ0) is 15.4. The Bertz CT molecular complexity index is 645. The van der Waals surface area contributed by atoms with Gasteiger partial charge in [0.15, 0.2) is 5.17 Å². The summed E-state index contributed by atoms with van der Waals surface area (Å²) >= 11 is 7.06. The molecule has 0 unspecified atom stereocenters. The number of amides is 1. The molecule has 0 aromatic heterocycles. The molecular weight excluding hydrogens is 314 g/mol. The number of rotatable bonds is 4. The number of amidine groups is 1. The quantitative estimate of drug-likeness (QED) is 0.654. The predicted octanol–water partition coefficient (Wildman–Crippen LogP) is 0.792. The Morgan fingerprint density at radius 2 is 2.19 bits per heavy atom. The van der Waals surface area contributed by atoms with Crippen molar-refractivity contribution in [1.29, 1.82) is 0 Å². The predicted molar refractivity (Wildman–Crippen MR) is 80.2 cm³/mol. The van der Waals surface area contributed by atoms with E-state index in [9.17, 15) is 14.7 Å². The third-order valence-electron chi connectivity index (χ3n) is 2.68. The van der Waals surface area contributed by atoms with Crippen molar-refractivity contribution in [3.8, 4) is 0 Å². The summed E-state index contributed by atoms with van der Waals surface area (Å²) in [5.74, 6) is -1.69. The van der Waals surface area contributed by atoms with Crippen LogP contribution < -0.4 is 10.4 Å². The number of carbonyl (C=O) groups is 2. The first-order valence-electron chi connectivity index (χ1n) is 6.02. The van der Waals surface area contributed by atoms with Crippen LogP contribution in [0.5, 0.6) is 0 Å². The molecule has 0 saturated carbocycles. The monoisotopic (exact) mass is 324 g/mol. The Morgan fingerprint density at radius 1 is 1.48 bits per heavy atom. The van der Waals surface area contributed by atoms with Crippen molar-refractivity contribution in [1.82, 2.24) is 5.32 Å². The summed E-state index contributed by atoms with van der Waals surface area (Å²) in [5.41, 5.74) is 1.33. The van der Waals surface area contributed by atoms with Crippen LogP contribution in [0.25, 0.3) is 0 Å². The summed E-state index contributed by atoms with van der Waals surface area (Å²) in [5, 5.41) is 21.0. The SMILES string of the molecule is C/C(=N/N=C1\NC(=O)[C@H](CC(=O)[O-])S1)c1ccccc1Cl. The first-order valence-corrected chi connectivity index (χ1v) is 7.27. The van der Waals surface area contributed by atoms with Crippen LogP contribution in [-0.2, 0) is 9.59 Å². The average Bonchev–Trinajstić information content (AvgIpc) is 2.76.